The lowest BCUT2D eigenvalue weighted by atomic mass is 10.3. The molecular formula is C11H16N2O6S. The minimum absolute atomic E-state index is 0.0215. The predicted octanol–water partition coefficient (Wildman–Crippen LogP) is 0.605. The van der Waals surface area contributed by atoms with Crippen molar-refractivity contribution in [3.8, 4) is 5.75 Å². The molecule has 20 heavy (non-hydrogen) atoms. The molecule has 0 saturated heterocycles. The van der Waals surface area contributed by atoms with Crippen molar-refractivity contribution in [2.45, 2.75) is 17.9 Å². The van der Waals surface area contributed by atoms with Crippen molar-refractivity contribution in [1.29, 1.82) is 0 Å². The van der Waals surface area contributed by atoms with E-state index >= 15 is 0 Å². The van der Waals surface area contributed by atoms with Gasteiger partial charge in [0.15, 0.2) is 5.75 Å². The Morgan fingerprint density at radius 2 is 2.10 bits per heavy atom. The van der Waals surface area contributed by atoms with Crippen LogP contribution in [0, 0.1) is 10.1 Å². The number of rotatable bonds is 6. The molecule has 0 aliphatic rings. The Labute approximate surface area is 116 Å². The van der Waals surface area contributed by atoms with Crippen LogP contribution in [-0.2, 0) is 10.0 Å². The van der Waals surface area contributed by atoms with E-state index in [1.807, 2.05) is 0 Å². The maximum absolute atomic E-state index is 12.3. The maximum atomic E-state index is 12.3. The molecule has 8 nitrogen and oxygen atoms in total. The van der Waals surface area contributed by atoms with Crippen LogP contribution in [0.25, 0.3) is 0 Å². The van der Waals surface area contributed by atoms with E-state index in [4.69, 9.17) is 9.84 Å². The quantitative estimate of drug-likeness (QED) is 0.609. The number of nitro groups is 1. The van der Waals surface area contributed by atoms with Gasteiger partial charge in [0.2, 0.25) is 10.0 Å². The number of sulfonamides is 1. The van der Waals surface area contributed by atoms with Gasteiger partial charge < -0.3 is 9.84 Å². The first-order valence-electron chi connectivity index (χ1n) is 5.67. The van der Waals surface area contributed by atoms with Crippen molar-refractivity contribution >= 4 is 15.7 Å². The Balaban J connectivity index is 3.33. The number of hydrogen-bond acceptors (Lipinski definition) is 6. The molecule has 0 saturated carbocycles. The fourth-order valence-electron chi connectivity index (χ4n) is 1.49. The molecule has 0 radical (unpaired) electrons. The Morgan fingerprint density at radius 3 is 2.55 bits per heavy atom. The highest BCUT2D eigenvalue weighted by Crippen LogP contribution is 2.30. The molecule has 1 atom stereocenters. The van der Waals surface area contributed by atoms with Gasteiger partial charge in [-0.25, -0.2) is 8.42 Å². The van der Waals surface area contributed by atoms with Gasteiger partial charge in [-0.1, -0.05) is 0 Å². The molecular weight excluding hydrogens is 288 g/mol. The number of ether oxygens (including phenoxy) is 1. The Kier molecular flexibility index (Phi) is 5.03. The average molecular weight is 304 g/mol. The number of methoxy groups -OCH3 is 1. The van der Waals surface area contributed by atoms with Gasteiger partial charge in [-0.15, -0.1) is 0 Å². The lowest BCUT2D eigenvalue weighted by molar-refractivity contribution is -0.386. The number of nitrogens with zero attached hydrogens (tertiary/aromatic N) is 2. The number of aliphatic hydroxyl groups is 1. The van der Waals surface area contributed by atoms with Gasteiger partial charge in [0.1, 0.15) is 0 Å². The summed E-state index contributed by atoms with van der Waals surface area (Å²) in [4.78, 5) is 9.95. The van der Waals surface area contributed by atoms with Gasteiger partial charge in [-0.3, -0.25) is 10.1 Å². The summed E-state index contributed by atoms with van der Waals surface area (Å²) >= 11 is 0. The number of hydrogen-bond donors (Lipinski definition) is 1. The molecule has 0 spiro atoms. The van der Waals surface area contributed by atoms with Crippen molar-refractivity contribution in [2.24, 2.45) is 0 Å². The summed E-state index contributed by atoms with van der Waals surface area (Å²) in [5.74, 6) is -0.0215. The van der Waals surface area contributed by atoms with Crippen molar-refractivity contribution in [3.63, 3.8) is 0 Å². The number of nitro benzene ring substituents is 1. The molecule has 1 aromatic rings. The largest absolute Gasteiger partial charge is 0.490 e. The second kappa shape index (κ2) is 6.16. The molecule has 0 aliphatic carbocycles. The molecule has 1 aromatic carbocycles. The van der Waals surface area contributed by atoms with Crippen LogP contribution in [0.2, 0.25) is 0 Å². The highest BCUT2D eigenvalue weighted by molar-refractivity contribution is 7.89. The van der Waals surface area contributed by atoms with E-state index in [1.54, 1.807) is 0 Å². The third kappa shape index (κ3) is 3.06. The van der Waals surface area contributed by atoms with E-state index in [1.165, 1.54) is 33.2 Å². The zero-order valence-electron chi connectivity index (χ0n) is 11.3. The monoisotopic (exact) mass is 304 g/mol. The molecule has 112 valence electrons. The SMILES string of the molecule is COc1ccc(S(=O)(=O)N(C)C(C)CO)cc1[N+](=O)[O-]. The summed E-state index contributed by atoms with van der Waals surface area (Å²) in [7, 11) is -1.36. The minimum Gasteiger partial charge on any atom is -0.490 e. The first-order chi connectivity index (χ1) is 9.25. The smallest absolute Gasteiger partial charge is 0.312 e. The second-order valence-electron chi connectivity index (χ2n) is 4.14. The van der Waals surface area contributed by atoms with Crippen LogP contribution in [0.15, 0.2) is 23.1 Å². The predicted molar refractivity (Wildman–Crippen MR) is 71.1 cm³/mol. The highest BCUT2D eigenvalue weighted by atomic mass is 32.2. The van der Waals surface area contributed by atoms with Gasteiger partial charge in [-0.2, -0.15) is 4.31 Å². The number of benzene rings is 1. The molecule has 0 aliphatic heterocycles. The van der Waals surface area contributed by atoms with Crippen molar-refractivity contribution in [1.82, 2.24) is 4.31 Å². The van der Waals surface area contributed by atoms with Crippen molar-refractivity contribution in [2.75, 3.05) is 20.8 Å². The van der Waals surface area contributed by atoms with Crippen LogP contribution < -0.4 is 4.74 Å². The lowest BCUT2D eigenvalue weighted by Crippen LogP contribution is -2.37. The first kappa shape index (κ1) is 16.3. The van der Waals surface area contributed by atoms with Crippen molar-refractivity contribution in [3.05, 3.63) is 28.3 Å². The molecule has 0 bridgehead atoms. The Bertz CT molecular complexity index is 601. The number of likely N-dealkylation sites (N-methyl/N-ethyl adjacent to an activating group) is 1. The minimum atomic E-state index is -3.92. The van der Waals surface area contributed by atoms with Gasteiger partial charge in [-0.05, 0) is 19.1 Å². The summed E-state index contributed by atoms with van der Waals surface area (Å²) in [5, 5.41) is 19.9. The van der Waals surface area contributed by atoms with E-state index in [9.17, 15) is 18.5 Å². The van der Waals surface area contributed by atoms with Crippen molar-refractivity contribution < 1.29 is 23.2 Å². The summed E-state index contributed by atoms with van der Waals surface area (Å²) in [6, 6.07) is 2.75. The van der Waals surface area contributed by atoms with Crippen LogP contribution in [0.3, 0.4) is 0 Å². The maximum Gasteiger partial charge on any atom is 0.312 e. The third-order valence-corrected chi connectivity index (χ3v) is 4.88. The van der Waals surface area contributed by atoms with E-state index in [0.717, 1.165) is 10.4 Å². The Hall–Kier alpha value is -1.71. The zero-order valence-corrected chi connectivity index (χ0v) is 12.1. The molecule has 1 N–H and O–H groups in total. The topological polar surface area (TPSA) is 110 Å². The summed E-state index contributed by atoms with van der Waals surface area (Å²) in [6.45, 7) is 1.17. The molecule has 0 fully saturated rings. The molecule has 9 heteroatoms. The first-order valence-corrected chi connectivity index (χ1v) is 7.11. The van der Waals surface area contributed by atoms with E-state index < -0.39 is 26.7 Å². The fourth-order valence-corrected chi connectivity index (χ4v) is 2.86. The molecule has 0 amide bonds. The van der Waals surface area contributed by atoms with Crippen LogP contribution in [0.5, 0.6) is 5.75 Å². The van der Waals surface area contributed by atoms with E-state index in [2.05, 4.69) is 0 Å². The molecule has 1 unspecified atom stereocenters. The molecule has 0 aromatic heterocycles. The summed E-state index contributed by atoms with van der Waals surface area (Å²) in [5.41, 5.74) is -0.432. The molecule has 0 heterocycles. The van der Waals surface area contributed by atoms with Gasteiger partial charge in [0.25, 0.3) is 0 Å². The standard InChI is InChI=1S/C11H16N2O6S/c1-8(7-14)12(2)20(17,18)9-4-5-11(19-3)10(6-9)13(15)16/h4-6,8,14H,7H2,1-3H3. The summed E-state index contributed by atoms with van der Waals surface area (Å²) < 4.78 is 30.3. The second-order valence-corrected chi connectivity index (χ2v) is 6.14. The number of aliphatic hydroxyl groups excluding tert-OH is 1. The van der Waals surface area contributed by atoms with E-state index in [-0.39, 0.29) is 17.3 Å². The van der Waals surface area contributed by atoms with Crippen LogP contribution in [-0.4, -0.2) is 49.6 Å². The van der Waals surface area contributed by atoms with Gasteiger partial charge >= 0.3 is 5.69 Å². The highest BCUT2D eigenvalue weighted by Gasteiger charge is 2.28. The zero-order chi connectivity index (χ0) is 15.5. The van der Waals surface area contributed by atoms with Crippen LogP contribution in [0.1, 0.15) is 6.92 Å². The van der Waals surface area contributed by atoms with Crippen LogP contribution >= 0.6 is 0 Å². The third-order valence-electron chi connectivity index (χ3n) is 2.91. The lowest BCUT2D eigenvalue weighted by Gasteiger charge is -2.22. The summed E-state index contributed by atoms with van der Waals surface area (Å²) in [6.07, 6.45) is 0. The van der Waals surface area contributed by atoms with Gasteiger partial charge in [0, 0.05) is 19.2 Å². The normalized spacial score (nSPS) is 13.2. The van der Waals surface area contributed by atoms with Gasteiger partial charge in [0.05, 0.1) is 23.5 Å². The molecule has 1 rings (SSSR count). The van der Waals surface area contributed by atoms with E-state index in [0.29, 0.717) is 0 Å². The Morgan fingerprint density at radius 1 is 1.50 bits per heavy atom. The fraction of sp³-hybridized carbons (Fsp3) is 0.455. The van der Waals surface area contributed by atoms with Crippen LogP contribution in [0.4, 0.5) is 5.69 Å². The average Bonchev–Trinajstić information content (AvgIpc) is 2.44.